The number of fused-ring (bicyclic) bond motifs is 1. The molecule has 0 nitrogen and oxygen atoms in total. The van der Waals surface area contributed by atoms with Gasteiger partial charge >= 0.3 is 0 Å². The van der Waals surface area contributed by atoms with Gasteiger partial charge in [0.2, 0.25) is 0 Å². The molecule has 0 radical (unpaired) electrons. The molecule has 0 aromatic carbocycles. The molecular weight excluding hydrogens is 368 g/mol. The fourth-order valence-electron chi connectivity index (χ4n) is 7.55. The summed E-state index contributed by atoms with van der Waals surface area (Å²) < 4.78 is 0. The van der Waals surface area contributed by atoms with E-state index in [-0.39, 0.29) is 0 Å². The van der Waals surface area contributed by atoms with E-state index in [0.29, 0.717) is 0 Å². The van der Waals surface area contributed by atoms with Gasteiger partial charge in [0, 0.05) is 16.1 Å². The third kappa shape index (κ3) is 3.14. The normalized spacial score (nSPS) is 17.9. The summed E-state index contributed by atoms with van der Waals surface area (Å²) in [5.74, 6) is 0. The number of allylic oxidation sites excluding steroid dienone is 8. The molecule has 0 N–H and O–H groups in total. The van der Waals surface area contributed by atoms with Crippen LogP contribution in [0.15, 0.2) is 33.7 Å². The zero-order valence-electron chi connectivity index (χ0n) is 20.6. The zero-order chi connectivity index (χ0) is 21.6. The fraction of sp³-hybridized carbons (Fsp3) is 0.692. The Balaban J connectivity index is 2.55. The summed E-state index contributed by atoms with van der Waals surface area (Å²) in [6.07, 6.45) is 12.4. The Hall–Kier alpha value is -0.606. The van der Waals surface area contributed by atoms with E-state index in [9.17, 15) is 0 Å². The van der Waals surface area contributed by atoms with Gasteiger partial charge < -0.3 is 0 Å². The van der Waals surface area contributed by atoms with E-state index < -0.39 is 16.1 Å². The van der Waals surface area contributed by atoms with Gasteiger partial charge in [0.25, 0.3) is 0 Å². The van der Waals surface area contributed by atoms with Crippen molar-refractivity contribution in [2.75, 3.05) is 0 Å². The molecule has 0 saturated carbocycles. The highest BCUT2D eigenvalue weighted by atomic mass is 28.3. The van der Waals surface area contributed by atoms with E-state index >= 15 is 0 Å². The molecule has 2 aliphatic carbocycles. The molecule has 0 amide bonds. The molecule has 0 aromatic heterocycles. The minimum Gasteiger partial charge on any atom is -0.225 e. The van der Waals surface area contributed by atoms with E-state index in [2.05, 4.69) is 107 Å². The van der Waals surface area contributed by atoms with Gasteiger partial charge in [-0.15, -0.1) is 0 Å². The molecule has 0 spiro atoms. The molecule has 0 heterocycles. The zero-order valence-corrected chi connectivity index (χ0v) is 22.6. The van der Waals surface area contributed by atoms with Gasteiger partial charge in [-0.3, -0.25) is 0 Å². The first-order valence-electron chi connectivity index (χ1n) is 11.6. The Bertz CT molecular complexity index is 603. The highest BCUT2D eigenvalue weighted by molar-refractivity contribution is 6.92. The van der Waals surface area contributed by atoms with E-state index in [4.69, 9.17) is 0 Å². The topological polar surface area (TPSA) is 0 Å². The first-order valence-corrected chi connectivity index (χ1v) is 16.0. The Morgan fingerprint density at radius 2 is 0.679 bits per heavy atom. The lowest BCUT2D eigenvalue weighted by Gasteiger charge is -2.52. The van der Waals surface area contributed by atoms with Crippen molar-refractivity contribution in [3.8, 4) is 0 Å². The maximum atomic E-state index is 3.81. The Morgan fingerprint density at radius 3 is 0.857 bits per heavy atom. The molecule has 28 heavy (non-hydrogen) atoms. The van der Waals surface area contributed by atoms with Crippen molar-refractivity contribution in [1.82, 2.24) is 0 Å². The van der Waals surface area contributed by atoms with Crippen LogP contribution in [0, 0.1) is 12.2 Å². The molecule has 2 heteroatoms. The average molecular weight is 413 g/mol. The van der Waals surface area contributed by atoms with Gasteiger partial charge in [0.05, 0.1) is 0 Å². The molecule has 0 unspecified atom stereocenters. The van der Waals surface area contributed by atoms with Gasteiger partial charge in [0.1, 0.15) is 0 Å². The van der Waals surface area contributed by atoms with Crippen molar-refractivity contribution < 1.29 is 0 Å². The molecule has 0 bridgehead atoms. The van der Waals surface area contributed by atoms with Crippen LogP contribution in [0.3, 0.4) is 0 Å². The summed E-state index contributed by atoms with van der Waals surface area (Å²) in [6.45, 7) is 29.6. The van der Waals surface area contributed by atoms with Crippen LogP contribution in [0.4, 0.5) is 0 Å². The summed E-state index contributed by atoms with van der Waals surface area (Å²) in [4.78, 5) is 0. The lowest BCUT2D eigenvalue weighted by molar-refractivity contribution is 0.823. The Labute approximate surface area is 178 Å². The molecule has 0 aromatic rings. The van der Waals surface area contributed by atoms with Gasteiger partial charge in [-0.25, -0.2) is 11.1 Å². The maximum absolute atomic E-state index is 3.81. The highest BCUT2D eigenvalue weighted by Gasteiger charge is 2.46. The third-order valence-electron chi connectivity index (χ3n) is 8.18. The predicted molar refractivity (Wildman–Crippen MR) is 132 cm³/mol. The highest BCUT2D eigenvalue weighted by Crippen LogP contribution is 2.57. The lowest BCUT2D eigenvalue weighted by Crippen LogP contribution is -2.48. The van der Waals surface area contributed by atoms with Crippen LogP contribution in [-0.2, 0) is 0 Å². The van der Waals surface area contributed by atoms with Gasteiger partial charge in [-0.2, -0.15) is 34.7 Å². The van der Waals surface area contributed by atoms with Crippen molar-refractivity contribution >= 4 is 16.1 Å². The van der Waals surface area contributed by atoms with Crippen molar-refractivity contribution in [2.24, 2.45) is 0 Å². The molecule has 0 aliphatic heterocycles. The van der Waals surface area contributed by atoms with Crippen molar-refractivity contribution in [1.29, 1.82) is 0 Å². The first kappa shape index (κ1) is 23.7. The largest absolute Gasteiger partial charge is 0.225 e. The Kier molecular flexibility index (Phi) is 6.98. The second kappa shape index (κ2) is 8.26. The summed E-state index contributed by atoms with van der Waals surface area (Å²) in [5, 5.41) is 3.26. The number of hydrogen-bond donors (Lipinski definition) is 0. The van der Waals surface area contributed by atoms with Gasteiger partial charge in [0.15, 0.2) is 0 Å². The van der Waals surface area contributed by atoms with Crippen molar-refractivity contribution in [3.05, 3.63) is 45.8 Å². The van der Waals surface area contributed by atoms with Crippen LogP contribution in [0.1, 0.15) is 83.1 Å². The standard InChI is InChI=1S/C26H44Si2/c1-17(2)27(18(3)4,19(5)6)25-15-13-24-23(25)14-16-26(24)28(20(7)8,21(9)10)22(11)12/h15-22H,1-12H3/q-2. The predicted octanol–water partition coefficient (Wildman–Crippen LogP) is 8.76. The number of rotatable bonds is 8. The smallest absolute Gasteiger partial charge is 0.0365 e. The molecular formula is C26H44Si2-2. The second-order valence-corrected chi connectivity index (χ2v) is 22.7. The van der Waals surface area contributed by atoms with Crippen molar-refractivity contribution in [2.45, 2.75) is 116 Å². The van der Waals surface area contributed by atoms with E-state index in [1.54, 1.807) is 10.4 Å². The van der Waals surface area contributed by atoms with Crippen LogP contribution >= 0.6 is 0 Å². The van der Waals surface area contributed by atoms with Crippen LogP contribution in [0.25, 0.3) is 0 Å². The van der Waals surface area contributed by atoms with Crippen LogP contribution in [-0.4, -0.2) is 16.1 Å². The van der Waals surface area contributed by atoms with Gasteiger partial charge in [-0.05, 0) is 0 Å². The average Bonchev–Trinajstić information content (AvgIpc) is 3.10. The summed E-state index contributed by atoms with van der Waals surface area (Å²) in [5.41, 5.74) is 7.19. The minimum absolute atomic E-state index is 0.723. The van der Waals surface area contributed by atoms with E-state index in [1.807, 2.05) is 0 Å². The molecule has 158 valence electrons. The molecule has 0 saturated heterocycles. The summed E-state index contributed by atoms with van der Waals surface area (Å²) in [6, 6.07) is 0. The molecule has 0 atom stereocenters. The molecule has 2 aliphatic rings. The molecule has 2 rings (SSSR count). The monoisotopic (exact) mass is 412 g/mol. The third-order valence-corrected chi connectivity index (χ3v) is 22.3. The SMILES string of the molecule is CC(C)[Si](C1=C[C-]=C2C1=[C-]C=C2[Si](C(C)C)(C(C)C)C(C)C)(C(C)C)C(C)C. The summed E-state index contributed by atoms with van der Waals surface area (Å²) in [7, 11) is -3.38. The number of hydrogen-bond acceptors (Lipinski definition) is 0. The van der Waals surface area contributed by atoms with Crippen LogP contribution in [0.2, 0.25) is 33.2 Å². The second-order valence-electron chi connectivity index (χ2n) is 10.9. The Morgan fingerprint density at radius 1 is 0.464 bits per heavy atom. The fourth-order valence-corrected chi connectivity index (χ4v) is 21.2. The minimum atomic E-state index is -1.69. The molecule has 0 fully saturated rings. The lowest BCUT2D eigenvalue weighted by atomic mass is 10.2. The quantitative estimate of drug-likeness (QED) is 0.276. The first-order chi connectivity index (χ1) is 12.9. The van der Waals surface area contributed by atoms with Crippen LogP contribution < -0.4 is 0 Å². The van der Waals surface area contributed by atoms with Gasteiger partial charge in [-0.1, -0.05) is 116 Å². The van der Waals surface area contributed by atoms with Crippen LogP contribution in [0.5, 0.6) is 0 Å². The van der Waals surface area contributed by atoms with Crippen molar-refractivity contribution in [3.63, 3.8) is 0 Å². The maximum Gasteiger partial charge on any atom is 0.0365 e. The van der Waals surface area contributed by atoms with E-state index in [0.717, 1.165) is 33.2 Å². The summed E-state index contributed by atoms with van der Waals surface area (Å²) >= 11 is 0. The van der Waals surface area contributed by atoms with E-state index in [1.165, 1.54) is 11.1 Å².